The molecule has 4 heteroatoms. The third-order valence-electron chi connectivity index (χ3n) is 4.27. The molecule has 24 heavy (non-hydrogen) atoms. The summed E-state index contributed by atoms with van der Waals surface area (Å²) in [6.07, 6.45) is 4.45. The molecule has 4 nitrogen and oxygen atoms in total. The van der Waals surface area contributed by atoms with Gasteiger partial charge < -0.3 is 10.6 Å². The largest absolute Gasteiger partial charge is 0.368 e. The summed E-state index contributed by atoms with van der Waals surface area (Å²) in [6.45, 7) is 8.41. The molecule has 0 aliphatic carbocycles. The average molecular weight is 325 g/mol. The molecule has 1 unspecified atom stereocenters. The first kappa shape index (κ1) is 18.0. The number of aryl methyl sites for hydroxylation is 2. The Morgan fingerprint density at radius 1 is 1.12 bits per heavy atom. The van der Waals surface area contributed by atoms with Gasteiger partial charge in [0.15, 0.2) is 0 Å². The molecule has 0 radical (unpaired) electrons. The van der Waals surface area contributed by atoms with Crippen LogP contribution in [0, 0.1) is 0 Å². The Bertz CT molecular complexity index is 675. The van der Waals surface area contributed by atoms with Crippen molar-refractivity contribution in [1.29, 1.82) is 0 Å². The Morgan fingerprint density at radius 2 is 1.79 bits per heavy atom. The molecule has 0 saturated carbocycles. The Labute approximate surface area is 144 Å². The Balaban J connectivity index is 2.23. The lowest BCUT2D eigenvalue weighted by Crippen LogP contribution is -2.17. The van der Waals surface area contributed by atoms with Gasteiger partial charge in [-0.15, -0.1) is 0 Å². The van der Waals surface area contributed by atoms with E-state index in [0.29, 0.717) is 11.6 Å². The van der Waals surface area contributed by atoms with Crippen LogP contribution in [0.15, 0.2) is 36.5 Å². The lowest BCUT2D eigenvalue weighted by Gasteiger charge is -2.15. The number of carbonyl (C=O) groups excluding carboxylic acids is 1. The van der Waals surface area contributed by atoms with Gasteiger partial charge in [0, 0.05) is 23.5 Å². The first-order valence-electron chi connectivity index (χ1n) is 8.73. The zero-order valence-corrected chi connectivity index (χ0v) is 15.0. The molecule has 0 fully saturated rings. The topological polar surface area (TPSA) is 54.0 Å². The summed E-state index contributed by atoms with van der Waals surface area (Å²) >= 11 is 0. The number of hydrogen-bond donors (Lipinski definition) is 2. The van der Waals surface area contributed by atoms with Crippen molar-refractivity contribution in [3.8, 4) is 0 Å². The molecular formula is C20H27N3O. The van der Waals surface area contributed by atoms with Crippen molar-refractivity contribution >= 4 is 17.4 Å². The molecule has 1 aromatic heterocycles. The van der Waals surface area contributed by atoms with Crippen LogP contribution in [0.3, 0.4) is 0 Å². The molecule has 0 aliphatic rings. The predicted molar refractivity (Wildman–Crippen MR) is 101 cm³/mol. The van der Waals surface area contributed by atoms with Gasteiger partial charge in [0.2, 0.25) is 0 Å². The molecule has 0 aliphatic heterocycles. The van der Waals surface area contributed by atoms with Crippen molar-refractivity contribution in [2.75, 3.05) is 10.6 Å². The summed E-state index contributed by atoms with van der Waals surface area (Å²) in [5, 5.41) is 6.40. The van der Waals surface area contributed by atoms with Crippen LogP contribution in [0.2, 0.25) is 0 Å². The molecule has 0 spiro atoms. The van der Waals surface area contributed by atoms with Gasteiger partial charge in [-0.05, 0) is 49.4 Å². The van der Waals surface area contributed by atoms with Crippen LogP contribution >= 0.6 is 0 Å². The minimum Gasteiger partial charge on any atom is -0.368 e. The smallest absolute Gasteiger partial charge is 0.255 e. The minimum absolute atomic E-state index is 0.0970. The molecular weight excluding hydrogens is 298 g/mol. The lowest BCUT2D eigenvalue weighted by atomic mass is 10.0. The number of rotatable bonds is 7. The van der Waals surface area contributed by atoms with Crippen LogP contribution < -0.4 is 10.6 Å². The van der Waals surface area contributed by atoms with E-state index in [1.165, 1.54) is 0 Å². The van der Waals surface area contributed by atoms with Gasteiger partial charge in [-0.3, -0.25) is 4.79 Å². The number of anilines is 2. The van der Waals surface area contributed by atoms with Crippen LogP contribution in [-0.2, 0) is 12.8 Å². The van der Waals surface area contributed by atoms with E-state index >= 15 is 0 Å². The van der Waals surface area contributed by atoms with Crippen molar-refractivity contribution in [3.05, 3.63) is 53.2 Å². The van der Waals surface area contributed by atoms with Crippen LogP contribution in [0.1, 0.15) is 55.6 Å². The Morgan fingerprint density at radius 3 is 2.38 bits per heavy atom. The highest BCUT2D eigenvalue weighted by molar-refractivity contribution is 6.05. The molecule has 1 heterocycles. The van der Waals surface area contributed by atoms with Gasteiger partial charge in [-0.2, -0.15) is 0 Å². The highest BCUT2D eigenvalue weighted by atomic mass is 16.1. The number of benzene rings is 1. The number of nitrogens with one attached hydrogen (secondary N) is 2. The standard InChI is InChI=1S/C20H27N3O/c1-5-14(4)22-18-13-17(11-12-21-18)20(24)23-19-15(6-2)9-8-10-16(19)7-3/h8-14H,5-7H2,1-4H3,(H,21,22)(H,23,24). The van der Waals surface area contributed by atoms with Crippen molar-refractivity contribution in [2.24, 2.45) is 0 Å². The molecule has 0 bridgehead atoms. The first-order chi connectivity index (χ1) is 11.6. The number of carbonyl (C=O) groups is 1. The normalized spacial score (nSPS) is 11.8. The van der Waals surface area contributed by atoms with Crippen LogP contribution in [0.4, 0.5) is 11.5 Å². The van der Waals surface area contributed by atoms with Crippen LogP contribution in [0.5, 0.6) is 0 Å². The van der Waals surface area contributed by atoms with Crippen molar-refractivity contribution < 1.29 is 4.79 Å². The second kappa shape index (κ2) is 8.48. The first-order valence-corrected chi connectivity index (χ1v) is 8.73. The lowest BCUT2D eigenvalue weighted by molar-refractivity contribution is 0.102. The maximum atomic E-state index is 12.7. The van der Waals surface area contributed by atoms with Crippen LogP contribution in [0.25, 0.3) is 0 Å². The molecule has 1 amide bonds. The fourth-order valence-corrected chi connectivity index (χ4v) is 2.59. The van der Waals surface area contributed by atoms with Crippen molar-refractivity contribution in [1.82, 2.24) is 4.98 Å². The predicted octanol–water partition coefficient (Wildman–Crippen LogP) is 4.67. The third kappa shape index (κ3) is 4.34. The summed E-state index contributed by atoms with van der Waals surface area (Å²) in [6, 6.07) is 10.1. The van der Waals surface area contributed by atoms with Crippen molar-refractivity contribution in [2.45, 2.75) is 53.0 Å². The van der Waals surface area contributed by atoms with E-state index in [9.17, 15) is 4.79 Å². The summed E-state index contributed by atoms with van der Waals surface area (Å²) in [7, 11) is 0. The van der Waals surface area contributed by atoms with Crippen molar-refractivity contribution in [3.63, 3.8) is 0 Å². The van der Waals surface area contributed by atoms with Gasteiger partial charge >= 0.3 is 0 Å². The van der Waals surface area contributed by atoms with Gasteiger partial charge in [0.25, 0.3) is 5.91 Å². The van der Waals surface area contributed by atoms with E-state index in [1.54, 1.807) is 12.3 Å². The monoisotopic (exact) mass is 325 g/mol. The van der Waals surface area contributed by atoms with Gasteiger partial charge in [-0.1, -0.05) is 39.0 Å². The van der Waals surface area contributed by atoms with E-state index in [4.69, 9.17) is 0 Å². The van der Waals surface area contributed by atoms with Gasteiger partial charge in [0.05, 0.1) is 0 Å². The number of pyridine rings is 1. The Hall–Kier alpha value is -2.36. The second-order valence-corrected chi connectivity index (χ2v) is 6.00. The zero-order valence-electron chi connectivity index (χ0n) is 15.0. The Kier molecular flexibility index (Phi) is 6.36. The van der Waals surface area contributed by atoms with Gasteiger partial charge in [-0.25, -0.2) is 4.98 Å². The second-order valence-electron chi connectivity index (χ2n) is 6.00. The highest BCUT2D eigenvalue weighted by Crippen LogP contribution is 2.23. The number of aromatic nitrogens is 1. The number of amides is 1. The van der Waals surface area contributed by atoms with E-state index < -0.39 is 0 Å². The molecule has 2 aromatic rings. The summed E-state index contributed by atoms with van der Waals surface area (Å²) < 4.78 is 0. The van der Waals surface area contributed by atoms with E-state index in [-0.39, 0.29) is 5.91 Å². The summed E-state index contributed by atoms with van der Waals surface area (Å²) in [4.78, 5) is 17.0. The molecule has 1 aromatic carbocycles. The maximum Gasteiger partial charge on any atom is 0.255 e. The van der Waals surface area contributed by atoms with Crippen LogP contribution in [-0.4, -0.2) is 16.9 Å². The van der Waals surface area contributed by atoms with E-state index in [1.807, 2.05) is 12.1 Å². The maximum absolute atomic E-state index is 12.7. The average Bonchev–Trinajstić information content (AvgIpc) is 2.61. The highest BCUT2D eigenvalue weighted by Gasteiger charge is 2.13. The molecule has 2 rings (SSSR count). The fourth-order valence-electron chi connectivity index (χ4n) is 2.59. The molecule has 128 valence electrons. The number of hydrogen-bond acceptors (Lipinski definition) is 3. The third-order valence-corrected chi connectivity index (χ3v) is 4.27. The molecule has 2 N–H and O–H groups in total. The summed E-state index contributed by atoms with van der Waals surface area (Å²) in [5.74, 6) is 0.636. The zero-order chi connectivity index (χ0) is 17.5. The summed E-state index contributed by atoms with van der Waals surface area (Å²) in [5.41, 5.74) is 3.88. The molecule has 1 atom stereocenters. The SMILES string of the molecule is CCc1cccc(CC)c1NC(=O)c1ccnc(NC(C)CC)c1. The van der Waals surface area contributed by atoms with E-state index in [0.717, 1.165) is 41.9 Å². The molecule has 0 saturated heterocycles. The number of para-hydroxylation sites is 1. The number of nitrogens with zero attached hydrogens (tertiary/aromatic N) is 1. The fraction of sp³-hybridized carbons (Fsp3) is 0.400. The van der Waals surface area contributed by atoms with Gasteiger partial charge in [0.1, 0.15) is 5.82 Å². The minimum atomic E-state index is -0.0970. The quantitative estimate of drug-likeness (QED) is 0.778. The van der Waals surface area contributed by atoms with E-state index in [2.05, 4.69) is 55.4 Å².